The van der Waals surface area contributed by atoms with Gasteiger partial charge in [0, 0.05) is 34.5 Å². The van der Waals surface area contributed by atoms with Crippen molar-refractivity contribution in [2.24, 2.45) is 0 Å². The predicted octanol–water partition coefficient (Wildman–Crippen LogP) is 12.5. The Bertz CT molecular complexity index is 2850. The van der Waals surface area contributed by atoms with E-state index in [1.807, 2.05) is 30.6 Å². The molecule has 246 valence electrons. The van der Waals surface area contributed by atoms with E-state index < -0.39 is 5.41 Å². The van der Waals surface area contributed by atoms with Crippen LogP contribution in [0, 0.1) is 6.57 Å². The molecule has 0 bridgehead atoms. The van der Waals surface area contributed by atoms with E-state index in [0.717, 1.165) is 55.7 Å². The van der Waals surface area contributed by atoms with Crippen LogP contribution >= 0.6 is 0 Å². The van der Waals surface area contributed by atoms with Gasteiger partial charge in [0.25, 0.3) is 0 Å². The van der Waals surface area contributed by atoms with E-state index in [1.165, 1.54) is 33.4 Å². The Hall–Kier alpha value is -7.22. The number of nitrogens with zero attached hydrogens (tertiary/aromatic N) is 4. The van der Waals surface area contributed by atoms with Crippen molar-refractivity contribution < 1.29 is 0 Å². The van der Waals surface area contributed by atoms with Crippen LogP contribution in [0.3, 0.4) is 0 Å². The van der Waals surface area contributed by atoms with Gasteiger partial charge in [-0.05, 0) is 87.0 Å². The van der Waals surface area contributed by atoms with E-state index in [1.54, 1.807) is 0 Å². The molecule has 11 rings (SSSR count). The number of fused-ring (bicyclic) bond motifs is 12. The second-order valence-electron chi connectivity index (χ2n) is 13.8. The number of aromatic nitrogens is 2. The number of anilines is 3. The summed E-state index contributed by atoms with van der Waals surface area (Å²) >= 11 is 0. The molecule has 3 heterocycles. The molecule has 1 spiro atoms. The molecule has 4 heteroatoms. The predicted molar refractivity (Wildman–Crippen MR) is 216 cm³/mol. The summed E-state index contributed by atoms with van der Waals surface area (Å²) in [6.07, 6.45) is 3.83. The van der Waals surface area contributed by atoms with E-state index in [0.29, 0.717) is 5.69 Å². The highest BCUT2D eigenvalue weighted by atomic mass is 15.2. The molecule has 0 amide bonds. The summed E-state index contributed by atoms with van der Waals surface area (Å²) in [6.45, 7) is 8.10. The third-order valence-electron chi connectivity index (χ3n) is 11.3. The fourth-order valence-corrected chi connectivity index (χ4v) is 9.26. The summed E-state index contributed by atoms with van der Waals surface area (Å²) in [5.41, 5.74) is 16.2. The minimum Gasteiger partial charge on any atom is -0.310 e. The van der Waals surface area contributed by atoms with Gasteiger partial charge >= 0.3 is 0 Å². The molecule has 4 nitrogen and oxygen atoms in total. The number of hydrogen-bond acceptors (Lipinski definition) is 2. The highest BCUT2D eigenvalue weighted by Crippen LogP contribution is 2.63. The Morgan fingerprint density at radius 1 is 0.491 bits per heavy atom. The van der Waals surface area contributed by atoms with Crippen LogP contribution in [0.5, 0.6) is 0 Å². The average Bonchev–Trinajstić information content (AvgIpc) is 3.72. The van der Waals surface area contributed by atoms with Crippen molar-refractivity contribution in [1.29, 1.82) is 0 Å². The fraction of sp³-hybridized carbons (Fsp3) is 0.0204. The molecule has 0 N–H and O–H groups in total. The molecule has 0 unspecified atom stereocenters. The third-order valence-corrected chi connectivity index (χ3v) is 11.3. The maximum Gasteiger partial charge on any atom is 0.194 e. The van der Waals surface area contributed by atoms with E-state index in [2.05, 4.69) is 171 Å². The molecule has 1 aliphatic carbocycles. The van der Waals surface area contributed by atoms with Crippen LogP contribution in [-0.4, -0.2) is 9.55 Å². The number of rotatable bonds is 3. The first-order valence-electron chi connectivity index (χ1n) is 17.9. The molecule has 9 aromatic rings. The topological polar surface area (TPSA) is 25.4 Å². The minimum atomic E-state index is -0.492. The largest absolute Gasteiger partial charge is 0.310 e. The van der Waals surface area contributed by atoms with Gasteiger partial charge in [0.15, 0.2) is 5.69 Å². The summed E-state index contributed by atoms with van der Waals surface area (Å²) in [4.78, 5) is 10.9. The van der Waals surface area contributed by atoms with Crippen molar-refractivity contribution in [1.82, 2.24) is 9.55 Å². The number of benzene rings is 7. The lowest BCUT2D eigenvalue weighted by molar-refractivity contribution is 0.752. The third kappa shape index (κ3) is 3.96. The first kappa shape index (κ1) is 29.5. The van der Waals surface area contributed by atoms with Crippen LogP contribution in [0.1, 0.15) is 22.3 Å². The minimum absolute atomic E-state index is 0.492. The molecule has 53 heavy (non-hydrogen) atoms. The molecule has 2 aromatic heterocycles. The van der Waals surface area contributed by atoms with Gasteiger partial charge in [-0.2, -0.15) is 0 Å². The van der Waals surface area contributed by atoms with Gasteiger partial charge in [-0.3, -0.25) is 4.98 Å². The van der Waals surface area contributed by atoms with Crippen molar-refractivity contribution in [2.75, 3.05) is 4.90 Å². The van der Waals surface area contributed by atoms with Crippen LogP contribution in [0.2, 0.25) is 0 Å². The van der Waals surface area contributed by atoms with Crippen molar-refractivity contribution in [3.8, 4) is 27.9 Å². The molecular weight excluding hydrogens is 645 g/mol. The Morgan fingerprint density at radius 2 is 1.04 bits per heavy atom. The molecule has 0 radical (unpaired) electrons. The van der Waals surface area contributed by atoms with E-state index in [4.69, 9.17) is 6.57 Å². The van der Waals surface area contributed by atoms with Crippen LogP contribution in [-0.2, 0) is 5.41 Å². The standard InChI is InChI=1S/C49H30N4/c1-50-44-22-10-4-14-35(44)32-28-33(52-45-23-11-5-17-38(45)39-31-51-27-26-46(39)52)30-34(29-32)53-47-24-12-8-20-42(47)49(43-21-9-13-25-48(43)53)40-18-6-2-15-36(40)37-16-3-7-19-41(37)49/h2-31H. The van der Waals surface area contributed by atoms with E-state index >= 15 is 0 Å². The quantitative estimate of drug-likeness (QED) is 0.174. The number of pyridine rings is 1. The second kappa shape index (κ2) is 11.1. The Kier molecular flexibility index (Phi) is 6.20. The molecule has 0 saturated heterocycles. The molecule has 0 atom stereocenters. The van der Waals surface area contributed by atoms with Crippen LogP contribution in [0.25, 0.3) is 54.6 Å². The fourth-order valence-electron chi connectivity index (χ4n) is 9.26. The smallest absolute Gasteiger partial charge is 0.194 e. The molecule has 0 fully saturated rings. The molecule has 7 aromatic carbocycles. The Balaban J connectivity index is 1.24. The maximum absolute atomic E-state index is 8.10. The summed E-state index contributed by atoms with van der Waals surface area (Å²) in [7, 11) is 0. The zero-order valence-electron chi connectivity index (χ0n) is 28.6. The van der Waals surface area contributed by atoms with Gasteiger partial charge in [-0.15, -0.1) is 0 Å². The SMILES string of the molecule is [C-]#[N+]c1ccccc1-c1cc(N2c3ccccc3C3(c4ccccc4-c4ccccc43)c3ccccc32)cc(-n2c3ccccc3c3cnccc32)c1. The van der Waals surface area contributed by atoms with Crippen molar-refractivity contribution in [3.05, 3.63) is 216 Å². The molecular formula is C49H30N4. The maximum atomic E-state index is 8.10. The van der Waals surface area contributed by atoms with E-state index in [9.17, 15) is 0 Å². The summed E-state index contributed by atoms with van der Waals surface area (Å²) < 4.78 is 2.34. The summed E-state index contributed by atoms with van der Waals surface area (Å²) in [6, 6.07) is 61.0. The van der Waals surface area contributed by atoms with Gasteiger partial charge in [0.2, 0.25) is 0 Å². The molecule has 1 aliphatic heterocycles. The second-order valence-corrected chi connectivity index (χ2v) is 13.8. The summed E-state index contributed by atoms with van der Waals surface area (Å²) in [5.74, 6) is 0. The lowest BCUT2D eigenvalue weighted by Crippen LogP contribution is -2.36. The van der Waals surface area contributed by atoms with Crippen molar-refractivity contribution in [3.63, 3.8) is 0 Å². The van der Waals surface area contributed by atoms with Gasteiger partial charge in [-0.25, -0.2) is 4.85 Å². The van der Waals surface area contributed by atoms with Gasteiger partial charge in [0.05, 0.1) is 34.4 Å². The lowest BCUT2D eigenvalue weighted by Gasteiger charge is -2.45. The Morgan fingerprint density at radius 3 is 1.74 bits per heavy atom. The van der Waals surface area contributed by atoms with Crippen LogP contribution < -0.4 is 4.90 Å². The zero-order chi connectivity index (χ0) is 35.1. The van der Waals surface area contributed by atoms with Gasteiger partial charge in [-0.1, -0.05) is 127 Å². The highest BCUT2D eigenvalue weighted by molar-refractivity contribution is 6.09. The molecule has 0 saturated carbocycles. The van der Waals surface area contributed by atoms with Crippen molar-refractivity contribution in [2.45, 2.75) is 5.41 Å². The number of para-hydroxylation sites is 4. The first-order valence-corrected chi connectivity index (χ1v) is 17.9. The molecule has 2 aliphatic rings. The zero-order valence-corrected chi connectivity index (χ0v) is 28.6. The monoisotopic (exact) mass is 674 g/mol. The van der Waals surface area contributed by atoms with Gasteiger partial charge in [0.1, 0.15) is 0 Å². The first-order chi connectivity index (χ1) is 26.3. The normalized spacial score (nSPS) is 13.4. The van der Waals surface area contributed by atoms with Crippen LogP contribution in [0.4, 0.5) is 22.7 Å². The lowest BCUT2D eigenvalue weighted by atomic mass is 9.64. The number of hydrogen-bond donors (Lipinski definition) is 0. The average molecular weight is 675 g/mol. The highest BCUT2D eigenvalue weighted by Gasteiger charge is 2.51. The summed E-state index contributed by atoms with van der Waals surface area (Å²) in [5, 5.41) is 2.25. The van der Waals surface area contributed by atoms with Crippen LogP contribution in [0.15, 0.2) is 182 Å². The van der Waals surface area contributed by atoms with E-state index in [-0.39, 0.29) is 0 Å². The van der Waals surface area contributed by atoms with Crippen molar-refractivity contribution >= 4 is 44.6 Å². The van der Waals surface area contributed by atoms with Gasteiger partial charge < -0.3 is 9.47 Å². The Labute approximate surface area is 307 Å².